The maximum absolute atomic E-state index is 12.3. The number of hydrogen-bond donors (Lipinski definition) is 3. The molecule has 1 aromatic carbocycles. The van der Waals surface area contributed by atoms with Gasteiger partial charge in [0.15, 0.2) is 0 Å². The summed E-state index contributed by atoms with van der Waals surface area (Å²) in [6.45, 7) is 4.37. The van der Waals surface area contributed by atoms with E-state index in [0.717, 1.165) is 16.9 Å². The van der Waals surface area contributed by atoms with Crippen LogP contribution in [-0.2, 0) is 6.54 Å². The number of benzene rings is 1. The second-order valence-electron chi connectivity index (χ2n) is 4.45. The number of hydrogen-bond acceptors (Lipinski definition) is 3. The van der Waals surface area contributed by atoms with Gasteiger partial charge in [-0.1, -0.05) is 18.2 Å². The van der Waals surface area contributed by atoms with Crippen molar-refractivity contribution in [1.82, 2.24) is 15.5 Å². The smallest absolute Gasteiger partial charge is 0.259 e. The van der Waals surface area contributed by atoms with Crippen molar-refractivity contribution in [2.24, 2.45) is 0 Å². The lowest BCUT2D eigenvalue weighted by Gasteiger charge is -2.10. The first kappa shape index (κ1) is 13.3. The molecular formula is C14H18N4O. The fourth-order valence-corrected chi connectivity index (χ4v) is 2.06. The largest absolute Gasteiger partial charge is 0.322 e. The molecule has 0 saturated heterocycles. The molecule has 0 fully saturated rings. The summed E-state index contributed by atoms with van der Waals surface area (Å²) in [6.07, 6.45) is 0. The molecule has 5 nitrogen and oxygen atoms in total. The number of anilines is 1. The maximum Gasteiger partial charge on any atom is 0.259 e. The van der Waals surface area contributed by atoms with Gasteiger partial charge in [0.2, 0.25) is 0 Å². The van der Waals surface area contributed by atoms with Gasteiger partial charge >= 0.3 is 0 Å². The summed E-state index contributed by atoms with van der Waals surface area (Å²) in [6, 6.07) is 7.75. The summed E-state index contributed by atoms with van der Waals surface area (Å²) < 4.78 is 0. The predicted octanol–water partition coefficient (Wildman–Crippen LogP) is 2.00. The molecule has 0 aliphatic heterocycles. The molecule has 19 heavy (non-hydrogen) atoms. The zero-order valence-corrected chi connectivity index (χ0v) is 11.4. The monoisotopic (exact) mass is 258 g/mol. The van der Waals surface area contributed by atoms with Gasteiger partial charge in [0, 0.05) is 17.9 Å². The van der Waals surface area contributed by atoms with E-state index in [-0.39, 0.29) is 5.91 Å². The van der Waals surface area contributed by atoms with Crippen LogP contribution < -0.4 is 10.6 Å². The van der Waals surface area contributed by atoms with Crippen LogP contribution in [0.2, 0.25) is 0 Å². The first-order valence-corrected chi connectivity index (χ1v) is 6.19. The fourth-order valence-electron chi connectivity index (χ4n) is 2.06. The van der Waals surface area contributed by atoms with Crippen molar-refractivity contribution in [1.29, 1.82) is 0 Å². The lowest BCUT2D eigenvalue weighted by atomic mass is 10.1. The number of amides is 1. The van der Waals surface area contributed by atoms with Gasteiger partial charge in [0.1, 0.15) is 0 Å². The topological polar surface area (TPSA) is 69.8 Å². The Kier molecular flexibility index (Phi) is 3.97. The van der Waals surface area contributed by atoms with Crippen molar-refractivity contribution in [3.05, 3.63) is 46.8 Å². The van der Waals surface area contributed by atoms with Gasteiger partial charge in [-0.3, -0.25) is 9.89 Å². The normalized spacial score (nSPS) is 10.5. The molecule has 1 heterocycles. The number of carbonyl (C=O) groups is 1. The molecule has 0 bridgehead atoms. The summed E-state index contributed by atoms with van der Waals surface area (Å²) >= 11 is 0. The molecule has 0 aliphatic carbocycles. The molecule has 2 rings (SSSR count). The summed E-state index contributed by atoms with van der Waals surface area (Å²) in [4.78, 5) is 12.3. The average Bonchev–Trinajstić information content (AvgIpc) is 2.72. The molecule has 0 unspecified atom stereocenters. The Labute approximate surface area is 112 Å². The molecule has 3 N–H and O–H groups in total. The Morgan fingerprint density at radius 1 is 1.32 bits per heavy atom. The van der Waals surface area contributed by atoms with Crippen LogP contribution in [0.1, 0.15) is 27.3 Å². The number of aromatic amines is 1. The van der Waals surface area contributed by atoms with Gasteiger partial charge in [-0.15, -0.1) is 0 Å². The van der Waals surface area contributed by atoms with Crippen LogP contribution in [0.15, 0.2) is 24.3 Å². The maximum atomic E-state index is 12.3. The van der Waals surface area contributed by atoms with Crippen LogP contribution in [0.3, 0.4) is 0 Å². The summed E-state index contributed by atoms with van der Waals surface area (Å²) in [5.41, 5.74) is 3.97. The van der Waals surface area contributed by atoms with Crippen LogP contribution in [0.4, 0.5) is 5.69 Å². The van der Waals surface area contributed by atoms with E-state index in [1.165, 1.54) is 0 Å². The summed E-state index contributed by atoms with van der Waals surface area (Å²) in [7, 11) is 1.88. The highest BCUT2D eigenvalue weighted by Gasteiger charge is 2.16. The molecule has 1 amide bonds. The van der Waals surface area contributed by atoms with Crippen LogP contribution in [0.5, 0.6) is 0 Å². The number of aromatic nitrogens is 2. The van der Waals surface area contributed by atoms with Gasteiger partial charge in [-0.2, -0.15) is 5.10 Å². The fraction of sp³-hybridized carbons (Fsp3) is 0.286. The number of rotatable bonds is 4. The minimum absolute atomic E-state index is 0.132. The minimum atomic E-state index is -0.132. The van der Waals surface area contributed by atoms with Crippen molar-refractivity contribution >= 4 is 11.6 Å². The van der Waals surface area contributed by atoms with E-state index in [1.807, 2.05) is 45.2 Å². The molecule has 100 valence electrons. The van der Waals surface area contributed by atoms with Gasteiger partial charge in [0.05, 0.1) is 11.3 Å². The summed E-state index contributed by atoms with van der Waals surface area (Å²) in [5.74, 6) is -0.132. The number of nitrogens with one attached hydrogen (secondary N) is 3. The number of para-hydroxylation sites is 1. The van der Waals surface area contributed by atoms with E-state index < -0.39 is 0 Å². The predicted molar refractivity (Wildman–Crippen MR) is 75.2 cm³/mol. The molecule has 5 heteroatoms. The molecule has 0 radical (unpaired) electrons. The third-order valence-electron chi connectivity index (χ3n) is 2.99. The average molecular weight is 258 g/mol. The Balaban J connectivity index is 2.24. The van der Waals surface area contributed by atoms with E-state index in [1.54, 1.807) is 0 Å². The van der Waals surface area contributed by atoms with Crippen LogP contribution >= 0.6 is 0 Å². The Morgan fingerprint density at radius 3 is 2.68 bits per heavy atom. The van der Waals surface area contributed by atoms with Crippen LogP contribution in [0.25, 0.3) is 0 Å². The molecule has 0 spiro atoms. The number of H-pyrrole nitrogens is 1. The first-order valence-electron chi connectivity index (χ1n) is 6.19. The number of carbonyl (C=O) groups excluding carboxylic acids is 1. The van der Waals surface area contributed by atoms with Gasteiger partial charge in [0.25, 0.3) is 5.91 Å². The van der Waals surface area contributed by atoms with Crippen molar-refractivity contribution < 1.29 is 4.79 Å². The van der Waals surface area contributed by atoms with E-state index in [0.29, 0.717) is 17.8 Å². The lowest BCUT2D eigenvalue weighted by molar-refractivity contribution is 0.102. The zero-order chi connectivity index (χ0) is 13.8. The summed E-state index contributed by atoms with van der Waals surface area (Å²) in [5, 5.41) is 12.9. The van der Waals surface area contributed by atoms with E-state index >= 15 is 0 Å². The highest BCUT2D eigenvalue weighted by atomic mass is 16.1. The van der Waals surface area contributed by atoms with Crippen molar-refractivity contribution in [2.75, 3.05) is 12.4 Å². The Hall–Kier alpha value is -2.14. The van der Waals surface area contributed by atoms with Crippen LogP contribution in [0, 0.1) is 13.8 Å². The molecule has 1 aromatic heterocycles. The third kappa shape index (κ3) is 2.82. The lowest BCUT2D eigenvalue weighted by Crippen LogP contribution is -2.16. The standard InChI is InChI=1S/C14H18N4O/c1-9-13(10(2)18-17-9)14(19)16-12-7-5-4-6-11(12)8-15-3/h4-7,15H,8H2,1-3H3,(H,16,19)(H,17,18). The molecular weight excluding hydrogens is 240 g/mol. The molecule has 0 saturated carbocycles. The van der Waals surface area contributed by atoms with E-state index in [4.69, 9.17) is 0 Å². The molecule has 0 aliphatic rings. The van der Waals surface area contributed by atoms with E-state index in [9.17, 15) is 4.79 Å². The molecule has 2 aromatic rings. The number of nitrogens with zero attached hydrogens (tertiary/aromatic N) is 1. The highest BCUT2D eigenvalue weighted by molar-refractivity contribution is 6.06. The second kappa shape index (κ2) is 5.67. The van der Waals surface area contributed by atoms with E-state index in [2.05, 4.69) is 20.8 Å². The second-order valence-corrected chi connectivity index (χ2v) is 4.45. The van der Waals surface area contributed by atoms with Crippen LogP contribution in [-0.4, -0.2) is 23.2 Å². The first-order chi connectivity index (χ1) is 9.13. The quantitative estimate of drug-likeness (QED) is 0.785. The van der Waals surface area contributed by atoms with Crippen molar-refractivity contribution in [3.63, 3.8) is 0 Å². The SMILES string of the molecule is CNCc1ccccc1NC(=O)c1c(C)n[nH]c1C. The zero-order valence-electron chi connectivity index (χ0n) is 11.4. The number of aryl methyl sites for hydroxylation is 2. The minimum Gasteiger partial charge on any atom is -0.322 e. The van der Waals surface area contributed by atoms with Crippen molar-refractivity contribution in [2.45, 2.75) is 20.4 Å². The third-order valence-corrected chi connectivity index (χ3v) is 2.99. The van der Waals surface area contributed by atoms with Crippen molar-refractivity contribution in [3.8, 4) is 0 Å². The van der Waals surface area contributed by atoms with Gasteiger partial charge in [-0.25, -0.2) is 0 Å². The van der Waals surface area contributed by atoms with Gasteiger partial charge in [-0.05, 0) is 32.5 Å². The van der Waals surface area contributed by atoms with Gasteiger partial charge < -0.3 is 10.6 Å². The highest BCUT2D eigenvalue weighted by Crippen LogP contribution is 2.17. The Bertz CT molecular complexity index is 569. The Morgan fingerprint density at radius 2 is 2.05 bits per heavy atom. The molecule has 0 atom stereocenters.